The highest BCUT2D eigenvalue weighted by Crippen LogP contribution is 2.44. The first-order chi connectivity index (χ1) is 17.2. The van der Waals surface area contributed by atoms with Crippen LogP contribution in [0.25, 0.3) is 5.69 Å². The van der Waals surface area contributed by atoms with Crippen molar-refractivity contribution in [2.75, 3.05) is 4.90 Å². The first-order valence-electron chi connectivity index (χ1n) is 12.2. The summed E-state index contributed by atoms with van der Waals surface area (Å²) in [5, 5.41) is 4.31. The molecule has 1 aliphatic rings. The Kier molecular flexibility index (Phi) is 6.52. The average molecular weight is 560 g/mol. The predicted molar refractivity (Wildman–Crippen MR) is 156 cm³/mol. The topological polar surface area (TPSA) is 33.1 Å². The van der Waals surface area contributed by atoms with Gasteiger partial charge in [0.1, 0.15) is 0 Å². The first-order valence-corrected chi connectivity index (χ1v) is 13.4. The van der Waals surface area contributed by atoms with Crippen LogP contribution in [0.5, 0.6) is 0 Å². The average Bonchev–Trinajstić information content (AvgIpc) is 3.32. The van der Waals surface area contributed by atoms with Gasteiger partial charge in [0.2, 0.25) is 0 Å². The van der Waals surface area contributed by atoms with Gasteiger partial charge in [0.25, 0.3) is 0 Å². The summed E-state index contributed by atoms with van der Waals surface area (Å²) in [5.41, 5.74) is 12.0. The summed E-state index contributed by atoms with van der Waals surface area (Å²) in [6, 6.07) is 19.2. The van der Waals surface area contributed by atoms with Gasteiger partial charge in [-0.15, -0.1) is 0 Å². The standard InChI is InChI=1S/C30H31BrN4S/c1-17-13-19(3)28(20(4)14-17)34-21(5)16-24(22(34)6)29-27(26-9-7-8-12-32-26)33-30(36)35(29)23-10-11-25(31)18(2)15-23/h7-16,27,29H,1-6H3,(H,33,36)/t27-,29+/m0/s1. The number of pyridine rings is 1. The van der Waals surface area contributed by atoms with Gasteiger partial charge < -0.3 is 14.8 Å². The summed E-state index contributed by atoms with van der Waals surface area (Å²) in [7, 11) is 0. The second kappa shape index (κ2) is 9.49. The minimum Gasteiger partial charge on any atom is -0.351 e. The van der Waals surface area contributed by atoms with E-state index in [4.69, 9.17) is 17.2 Å². The van der Waals surface area contributed by atoms with E-state index >= 15 is 0 Å². The quantitative estimate of drug-likeness (QED) is 0.260. The fourth-order valence-corrected chi connectivity index (χ4v) is 6.28. The van der Waals surface area contributed by atoms with Gasteiger partial charge in [0.15, 0.2) is 5.11 Å². The lowest BCUT2D eigenvalue weighted by Crippen LogP contribution is -2.29. The van der Waals surface area contributed by atoms with Crippen molar-refractivity contribution in [2.45, 2.75) is 53.6 Å². The Hall–Kier alpha value is -2.96. The van der Waals surface area contributed by atoms with Crippen LogP contribution in [0, 0.1) is 41.5 Å². The normalized spacial score (nSPS) is 17.5. The van der Waals surface area contributed by atoms with Crippen molar-refractivity contribution in [3.8, 4) is 5.69 Å². The molecule has 36 heavy (non-hydrogen) atoms. The SMILES string of the molecule is Cc1cc(C)c(-n2c(C)cc([C@@H]3[C@H](c4ccccn4)NC(=S)N3c3ccc(Br)c(C)c3)c2C)c(C)c1. The third kappa shape index (κ3) is 4.16. The molecule has 0 aliphatic carbocycles. The number of aryl methyl sites for hydroxylation is 5. The van der Waals surface area contributed by atoms with Crippen LogP contribution in [0.15, 0.2) is 65.3 Å². The minimum absolute atomic E-state index is 0.0426. The number of hydrogen-bond acceptors (Lipinski definition) is 2. The molecule has 4 aromatic rings. The highest BCUT2D eigenvalue weighted by Gasteiger charge is 2.42. The van der Waals surface area contributed by atoms with Crippen molar-refractivity contribution >= 4 is 38.9 Å². The highest BCUT2D eigenvalue weighted by molar-refractivity contribution is 9.10. The van der Waals surface area contributed by atoms with Crippen LogP contribution in [-0.4, -0.2) is 14.7 Å². The zero-order valence-electron chi connectivity index (χ0n) is 21.6. The fourth-order valence-electron chi connectivity index (χ4n) is 5.68. The van der Waals surface area contributed by atoms with Gasteiger partial charge in [-0.2, -0.15) is 0 Å². The van der Waals surface area contributed by atoms with E-state index in [-0.39, 0.29) is 12.1 Å². The van der Waals surface area contributed by atoms with Gasteiger partial charge in [0.05, 0.1) is 23.5 Å². The van der Waals surface area contributed by atoms with Crippen LogP contribution in [0.1, 0.15) is 57.0 Å². The molecule has 2 aromatic carbocycles. The third-order valence-electron chi connectivity index (χ3n) is 7.17. The fraction of sp³-hybridized carbons (Fsp3) is 0.267. The van der Waals surface area contributed by atoms with Crippen molar-refractivity contribution in [2.24, 2.45) is 0 Å². The van der Waals surface area contributed by atoms with Crippen LogP contribution in [0.3, 0.4) is 0 Å². The summed E-state index contributed by atoms with van der Waals surface area (Å²) < 4.78 is 3.49. The molecule has 4 nitrogen and oxygen atoms in total. The van der Waals surface area contributed by atoms with E-state index in [1.54, 1.807) is 0 Å². The molecule has 3 heterocycles. The van der Waals surface area contributed by atoms with Gasteiger partial charge >= 0.3 is 0 Å². The lowest BCUT2D eigenvalue weighted by molar-refractivity contribution is 0.565. The molecule has 0 radical (unpaired) electrons. The first kappa shape index (κ1) is 24.7. The van der Waals surface area contributed by atoms with E-state index < -0.39 is 0 Å². The van der Waals surface area contributed by atoms with Crippen molar-refractivity contribution in [1.82, 2.24) is 14.9 Å². The van der Waals surface area contributed by atoms with E-state index in [1.165, 1.54) is 44.9 Å². The molecule has 0 bridgehead atoms. The van der Waals surface area contributed by atoms with Crippen LogP contribution in [0.4, 0.5) is 5.69 Å². The summed E-state index contributed by atoms with van der Waals surface area (Å²) >= 11 is 9.60. The summed E-state index contributed by atoms with van der Waals surface area (Å²) in [4.78, 5) is 6.98. The summed E-state index contributed by atoms with van der Waals surface area (Å²) in [6.07, 6.45) is 1.85. The molecule has 0 unspecified atom stereocenters. The van der Waals surface area contributed by atoms with Gasteiger partial charge in [-0.3, -0.25) is 4.98 Å². The molecule has 5 rings (SSSR count). The maximum Gasteiger partial charge on any atom is 0.174 e. The highest BCUT2D eigenvalue weighted by atomic mass is 79.9. The number of rotatable bonds is 4. The molecule has 1 N–H and O–H groups in total. The lowest BCUT2D eigenvalue weighted by atomic mass is 9.96. The van der Waals surface area contributed by atoms with E-state index in [1.807, 2.05) is 18.3 Å². The molecule has 0 saturated carbocycles. The number of aromatic nitrogens is 2. The molecule has 0 spiro atoms. The van der Waals surface area contributed by atoms with Crippen molar-refractivity contribution in [3.05, 3.63) is 110 Å². The Morgan fingerprint density at radius 2 is 1.61 bits per heavy atom. The zero-order chi connectivity index (χ0) is 25.7. The number of hydrogen-bond donors (Lipinski definition) is 1. The molecule has 0 amide bonds. The van der Waals surface area contributed by atoms with Gasteiger partial charge in [-0.1, -0.05) is 39.7 Å². The number of nitrogens with one attached hydrogen (secondary N) is 1. The van der Waals surface area contributed by atoms with Crippen molar-refractivity contribution in [1.29, 1.82) is 0 Å². The molecule has 1 aliphatic heterocycles. The molecule has 2 aromatic heterocycles. The molecular formula is C30H31BrN4S. The van der Waals surface area contributed by atoms with Gasteiger partial charge in [0, 0.05) is 27.7 Å². The molecule has 1 fully saturated rings. The van der Waals surface area contributed by atoms with Crippen LogP contribution in [-0.2, 0) is 0 Å². The maximum atomic E-state index is 5.95. The Bertz CT molecular complexity index is 1450. The van der Waals surface area contributed by atoms with E-state index in [0.29, 0.717) is 5.11 Å². The van der Waals surface area contributed by atoms with E-state index in [9.17, 15) is 0 Å². The Morgan fingerprint density at radius 1 is 0.889 bits per heavy atom. The third-order valence-corrected chi connectivity index (χ3v) is 8.37. The Labute approximate surface area is 227 Å². The van der Waals surface area contributed by atoms with Crippen molar-refractivity contribution < 1.29 is 0 Å². The number of thiocarbonyl (C=S) groups is 1. The maximum absolute atomic E-state index is 5.95. The largest absolute Gasteiger partial charge is 0.351 e. The molecule has 6 heteroatoms. The number of anilines is 1. The monoisotopic (exact) mass is 558 g/mol. The molecule has 2 atom stereocenters. The van der Waals surface area contributed by atoms with Crippen LogP contribution >= 0.6 is 28.1 Å². The number of nitrogens with zero attached hydrogens (tertiary/aromatic N) is 3. The molecule has 1 saturated heterocycles. The second-order valence-corrected chi connectivity index (χ2v) is 11.1. The number of halogens is 1. The van der Waals surface area contributed by atoms with E-state index in [2.05, 4.69) is 115 Å². The molecule has 184 valence electrons. The molecular weight excluding hydrogens is 528 g/mol. The summed E-state index contributed by atoms with van der Waals surface area (Å²) in [6.45, 7) is 13.1. The van der Waals surface area contributed by atoms with Gasteiger partial charge in [-0.05, 0) is 112 Å². The van der Waals surface area contributed by atoms with Crippen molar-refractivity contribution in [3.63, 3.8) is 0 Å². The van der Waals surface area contributed by atoms with Crippen LogP contribution < -0.4 is 10.2 Å². The Balaban J connectivity index is 1.72. The second-order valence-electron chi connectivity index (χ2n) is 9.84. The minimum atomic E-state index is -0.0724. The van der Waals surface area contributed by atoms with Gasteiger partial charge in [-0.25, -0.2) is 0 Å². The summed E-state index contributed by atoms with van der Waals surface area (Å²) in [5.74, 6) is 0. The lowest BCUT2D eigenvalue weighted by Gasteiger charge is -2.29. The van der Waals surface area contributed by atoms with Crippen LogP contribution in [0.2, 0.25) is 0 Å². The van der Waals surface area contributed by atoms with E-state index in [0.717, 1.165) is 15.9 Å². The smallest absolute Gasteiger partial charge is 0.174 e. The predicted octanol–water partition coefficient (Wildman–Crippen LogP) is 7.66. The zero-order valence-corrected chi connectivity index (χ0v) is 24.0. The Morgan fingerprint density at radius 3 is 2.25 bits per heavy atom. The number of benzene rings is 2.